The number of nitrogens with one attached hydrogen (secondary N) is 1. The van der Waals surface area contributed by atoms with Gasteiger partial charge in [-0.3, -0.25) is 4.79 Å². The third-order valence-electron chi connectivity index (χ3n) is 5.45. The highest BCUT2D eigenvalue weighted by atomic mass is 32.2. The van der Waals surface area contributed by atoms with Crippen LogP contribution in [0.5, 0.6) is 0 Å². The molecule has 0 spiro atoms. The normalized spacial score (nSPS) is 15.6. The Morgan fingerprint density at radius 1 is 0.938 bits per heavy atom. The summed E-state index contributed by atoms with van der Waals surface area (Å²) in [7, 11) is -4.24. The van der Waals surface area contributed by atoms with Gasteiger partial charge in [-0.1, -0.05) is 0 Å². The molecule has 6 nitrogen and oxygen atoms in total. The van der Waals surface area contributed by atoms with E-state index in [0.717, 1.165) is 16.4 Å². The number of hydrogen-bond acceptors (Lipinski definition) is 3. The summed E-state index contributed by atoms with van der Waals surface area (Å²) in [5, 5.41) is 2.58. The van der Waals surface area contributed by atoms with E-state index < -0.39 is 44.2 Å². The predicted octanol–water partition coefficient (Wildman–Crippen LogP) is 3.93. The molecule has 1 amide bonds. The van der Waals surface area contributed by atoms with Crippen molar-refractivity contribution in [1.29, 1.82) is 0 Å². The van der Waals surface area contributed by atoms with Crippen molar-refractivity contribution in [3.8, 4) is 5.69 Å². The van der Waals surface area contributed by atoms with Gasteiger partial charge in [0.2, 0.25) is 15.9 Å². The Bertz CT molecular complexity index is 1240. The second kappa shape index (κ2) is 8.79. The van der Waals surface area contributed by atoms with Gasteiger partial charge >= 0.3 is 0 Å². The molecule has 0 radical (unpaired) electrons. The summed E-state index contributed by atoms with van der Waals surface area (Å²) < 4.78 is 69.8. The molecule has 0 atom stereocenters. The molecule has 10 heteroatoms. The number of sulfonamides is 1. The summed E-state index contributed by atoms with van der Waals surface area (Å²) in [6.45, 7) is -0.0788. The lowest BCUT2D eigenvalue weighted by molar-refractivity contribution is -0.120. The number of nitrogens with zero attached hydrogens (tertiary/aromatic N) is 2. The number of anilines is 1. The van der Waals surface area contributed by atoms with Crippen LogP contribution in [0.3, 0.4) is 0 Å². The van der Waals surface area contributed by atoms with E-state index in [0.29, 0.717) is 11.8 Å². The van der Waals surface area contributed by atoms with E-state index in [1.165, 1.54) is 12.1 Å². The highest BCUT2D eigenvalue weighted by molar-refractivity contribution is 7.89. The molecule has 0 bridgehead atoms. The molecule has 0 unspecified atom stereocenters. The average Bonchev–Trinajstić information content (AvgIpc) is 3.32. The zero-order chi connectivity index (χ0) is 22.9. The SMILES string of the molecule is O=C(Nc1cc(-n2cccc2)ccc1F)C1CCN(S(=O)(=O)c2cc(F)ccc2F)CC1. The van der Waals surface area contributed by atoms with E-state index >= 15 is 0 Å². The fourth-order valence-corrected chi connectivity index (χ4v) is 5.23. The molecule has 3 aromatic rings. The van der Waals surface area contributed by atoms with Gasteiger partial charge in [-0.25, -0.2) is 21.6 Å². The lowest BCUT2D eigenvalue weighted by atomic mass is 9.97. The highest BCUT2D eigenvalue weighted by Crippen LogP contribution is 2.27. The van der Waals surface area contributed by atoms with Crippen molar-refractivity contribution >= 4 is 21.6 Å². The van der Waals surface area contributed by atoms with Crippen molar-refractivity contribution in [2.24, 2.45) is 5.92 Å². The lowest BCUT2D eigenvalue weighted by Crippen LogP contribution is -2.41. The van der Waals surface area contributed by atoms with Gasteiger partial charge in [0.05, 0.1) is 5.69 Å². The molecular formula is C22H20F3N3O3S. The Kier molecular flexibility index (Phi) is 6.07. The van der Waals surface area contributed by atoms with E-state index in [9.17, 15) is 26.4 Å². The van der Waals surface area contributed by atoms with Crippen molar-refractivity contribution in [2.75, 3.05) is 18.4 Å². The molecule has 1 N–H and O–H groups in total. The minimum absolute atomic E-state index is 0.0260. The number of hydrogen-bond donors (Lipinski definition) is 1. The van der Waals surface area contributed by atoms with Crippen molar-refractivity contribution in [2.45, 2.75) is 17.7 Å². The van der Waals surface area contributed by atoms with Crippen molar-refractivity contribution < 1.29 is 26.4 Å². The van der Waals surface area contributed by atoms with Gasteiger partial charge in [-0.05, 0) is 61.4 Å². The number of benzene rings is 2. The Morgan fingerprint density at radius 2 is 1.59 bits per heavy atom. The maximum atomic E-state index is 14.2. The topological polar surface area (TPSA) is 71.4 Å². The molecule has 0 saturated carbocycles. The minimum Gasteiger partial charge on any atom is -0.324 e. The van der Waals surface area contributed by atoms with Crippen LogP contribution in [-0.4, -0.2) is 36.3 Å². The molecule has 1 aliphatic rings. The van der Waals surface area contributed by atoms with E-state index in [4.69, 9.17) is 0 Å². The van der Waals surface area contributed by atoms with Gasteiger partial charge < -0.3 is 9.88 Å². The van der Waals surface area contributed by atoms with Crippen LogP contribution in [0.4, 0.5) is 18.9 Å². The molecule has 0 aliphatic carbocycles. The Balaban J connectivity index is 1.43. The minimum atomic E-state index is -4.24. The predicted molar refractivity (Wildman–Crippen MR) is 112 cm³/mol. The van der Waals surface area contributed by atoms with Gasteiger partial charge in [0.1, 0.15) is 22.3 Å². The van der Waals surface area contributed by atoms with Gasteiger partial charge in [0.25, 0.3) is 0 Å². The van der Waals surface area contributed by atoms with E-state index in [1.54, 1.807) is 23.0 Å². The quantitative estimate of drug-likeness (QED) is 0.623. The number of piperidine rings is 1. The summed E-state index contributed by atoms with van der Waals surface area (Å²) in [4.78, 5) is 11.9. The van der Waals surface area contributed by atoms with Crippen LogP contribution in [-0.2, 0) is 14.8 Å². The Hall–Kier alpha value is -3.11. The van der Waals surface area contributed by atoms with Crippen LogP contribution in [0.15, 0.2) is 65.8 Å². The fourth-order valence-electron chi connectivity index (χ4n) is 3.68. The zero-order valence-electron chi connectivity index (χ0n) is 16.8. The van der Waals surface area contributed by atoms with Gasteiger partial charge in [0, 0.05) is 37.1 Å². The van der Waals surface area contributed by atoms with Crippen LogP contribution in [0.2, 0.25) is 0 Å². The first-order chi connectivity index (χ1) is 15.3. The highest BCUT2D eigenvalue weighted by Gasteiger charge is 2.34. The molecule has 2 heterocycles. The van der Waals surface area contributed by atoms with Crippen LogP contribution in [0.1, 0.15) is 12.8 Å². The number of aromatic nitrogens is 1. The van der Waals surface area contributed by atoms with E-state index in [-0.39, 0.29) is 31.6 Å². The van der Waals surface area contributed by atoms with Crippen molar-refractivity contribution in [3.05, 3.63) is 78.4 Å². The van der Waals surface area contributed by atoms with Crippen LogP contribution in [0, 0.1) is 23.4 Å². The lowest BCUT2D eigenvalue weighted by Gasteiger charge is -2.30. The number of halogens is 3. The molecule has 2 aromatic carbocycles. The standard InChI is InChI=1S/C22H20F3N3O3S/c23-16-3-5-19(25)21(13-16)32(30,31)28-11-7-15(8-12-28)22(29)26-20-14-17(4-6-18(20)24)27-9-1-2-10-27/h1-6,9-10,13-15H,7-8,11-12H2,(H,26,29). The number of rotatable bonds is 5. The first-order valence-electron chi connectivity index (χ1n) is 9.94. The summed E-state index contributed by atoms with van der Waals surface area (Å²) in [5.74, 6) is -3.46. The first-order valence-corrected chi connectivity index (χ1v) is 11.4. The molecule has 32 heavy (non-hydrogen) atoms. The van der Waals surface area contributed by atoms with E-state index in [2.05, 4.69) is 5.32 Å². The molecule has 1 aromatic heterocycles. The molecule has 1 aliphatic heterocycles. The number of carbonyl (C=O) groups excluding carboxylic acids is 1. The molecule has 4 rings (SSSR count). The van der Waals surface area contributed by atoms with Gasteiger partial charge in [-0.15, -0.1) is 0 Å². The second-order valence-corrected chi connectivity index (χ2v) is 9.40. The zero-order valence-corrected chi connectivity index (χ0v) is 17.7. The Morgan fingerprint density at radius 3 is 2.28 bits per heavy atom. The van der Waals surface area contributed by atoms with Gasteiger partial charge in [-0.2, -0.15) is 4.31 Å². The van der Waals surface area contributed by atoms with E-state index in [1.807, 2.05) is 12.1 Å². The molecule has 1 fully saturated rings. The fraction of sp³-hybridized carbons (Fsp3) is 0.227. The maximum absolute atomic E-state index is 14.2. The summed E-state index contributed by atoms with van der Waals surface area (Å²) >= 11 is 0. The third-order valence-corrected chi connectivity index (χ3v) is 7.36. The monoisotopic (exact) mass is 463 g/mol. The average molecular weight is 463 g/mol. The third kappa shape index (κ3) is 4.42. The summed E-state index contributed by atoms with van der Waals surface area (Å²) in [6.07, 6.45) is 3.91. The second-order valence-electron chi connectivity index (χ2n) is 7.50. The number of amides is 1. The van der Waals surface area contributed by atoms with Crippen LogP contribution >= 0.6 is 0 Å². The molecule has 1 saturated heterocycles. The van der Waals surface area contributed by atoms with Crippen molar-refractivity contribution in [3.63, 3.8) is 0 Å². The molecular weight excluding hydrogens is 443 g/mol. The summed E-state index contributed by atoms with van der Waals surface area (Å²) in [5.41, 5.74) is 0.697. The van der Waals surface area contributed by atoms with Crippen molar-refractivity contribution in [1.82, 2.24) is 8.87 Å². The maximum Gasteiger partial charge on any atom is 0.246 e. The summed E-state index contributed by atoms with van der Waals surface area (Å²) in [6, 6.07) is 10.2. The van der Waals surface area contributed by atoms with Crippen LogP contribution < -0.4 is 5.32 Å². The molecule has 168 valence electrons. The van der Waals surface area contributed by atoms with Crippen LogP contribution in [0.25, 0.3) is 5.69 Å². The smallest absolute Gasteiger partial charge is 0.246 e. The largest absolute Gasteiger partial charge is 0.324 e. The Labute approximate surface area is 183 Å². The first kappa shape index (κ1) is 22.1. The van der Waals surface area contributed by atoms with Gasteiger partial charge in [0.15, 0.2) is 0 Å². The number of carbonyl (C=O) groups is 1.